The normalized spacial score (nSPS) is 12.6. The molecule has 22 heavy (non-hydrogen) atoms. The molecule has 0 spiro atoms. The number of nitrogens with zero attached hydrogens (tertiary/aromatic N) is 2. The molecule has 7 nitrogen and oxygen atoms in total. The van der Waals surface area contributed by atoms with E-state index in [0.29, 0.717) is 24.2 Å². The van der Waals surface area contributed by atoms with Gasteiger partial charge in [-0.3, -0.25) is 0 Å². The van der Waals surface area contributed by atoms with E-state index >= 15 is 0 Å². The summed E-state index contributed by atoms with van der Waals surface area (Å²) in [6.07, 6.45) is 1.05. The molecule has 0 bridgehead atoms. The molecular formula is C14H20BrN5O2. The van der Waals surface area contributed by atoms with E-state index in [9.17, 15) is 5.11 Å². The second kappa shape index (κ2) is 7.68. The van der Waals surface area contributed by atoms with Gasteiger partial charge in [0.1, 0.15) is 18.5 Å². The van der Waals surface area contributed by atoms with E-state index in [0.717, 1.165) is 15.2 Å². The first-order valence-electron chi connectivity index (χ1n) is 6.97. The van der Waals surface area contributed by atoms with Gasteiger partial charge in [0, 0.05) is 23.4 Å². The Bertz CT molecular complexity index is 638. The van der Waals surface area contributed by atoms with E-state index in [2.05, 4.69) is 36.9 Å². The molecule has 0 aliphatic rings. The molecule has 0 aliphatic heterocycles. The average molecular weight is 370 g/mol. The second-order valence-corrected chi connectivity index (χ2v) is 6.09. The third-order valence-electron chi connectivity index (χ3n) is 3.04. The van der Waals surface area contributed by atoms with E-state index in [1.165, 1.54) is 0 Å². The van der Waals surface area contributed by atoms with Gasteiger partial charge in [-0.2, -0.15) is 5.10 Å². The fourth-order valence-electron chi connectivity index (χ4n) is 1.92. The van der Waals surface area contributed by atoms with Gasteiger partial charge in [-0.15, -0.1) is 5.10 Å². The van der Waals surface area contributed by atoms with Crippen molar-refractivity contribution in [1.82, 2.24) is 15.5 Å². The number of anilines is 1. The van der Waals surface area contributed by atoms with Crippen molar-refractivity contribution >= 4 is 32.5 Å². The number of aromatic nitrogens is 2. The van der Waals surface area contributed by atoms with Crippen LogP contribution in [-0.2, 0) is 0 Å². The summed E-state index contributed by atoms with van der Waals surface area (Å²) in [6, 6.07) is 4.00. The van der Waals surface area contributed by atoms with Crippen molar-refractivity contribution in [3.05, 3.63) is 22.8 Å². The minimum Gasteiger partial charge on any atom is -0.490 e. The number of nitrogens with one attached hydrogen (secondary N) is 2. The number of hydrogen-bond donors (Lipinski definition) is 4. The van der Waals surface area contributed by atoms with Crippen molar-refractivity contribution in [1.29, 1.82) is 0 Å². The lowest BCUT2D eigenvalue weighted by Gasteiger charge is -2.16. The highest BCUT2D eigenvalue weighted by molar-refractivity contribution is 9.10. The lowest BCUT2D eigenvalue weighted by molar-refractivity contribution is 0.104. The summed E-state index contributed by atoms with van der Waals surface area (Å²) in [5.41, 5.74) is 2.51. The molecule has 1 heterocycles. The molecule has 0 saturated carbocycles. The molecule has 0 saturated heterocycles. The van der Waals surface area contributed by atoms with Crippen LogP contribution in [0.2, 0.25) is 0 Å². The maximum absolute atomic E-state index is 9.91. The summed E-state index contributed by atoms with van der Waals surface area (Å²) in [5, 5.41) is 22.5. The van der Waals surface area contributed by atoms with Crippen LogP contribution in [0.15, 0.2) is 22.8 Å². The van der Waals surface area contributed by atoms with Crippen molar-refractivity contribution in [3.63, 3.8) is 0 Å². The van der Waals surface area contributed by atoms with Crippen molar-refractivity contribution in [2.24, 2.45) is 5.84 Å². The van der Waals surface area contributed by atoms with E-state index in [1.807, 2.05) is 26.0 Å². The second-order valence-electron chi connectivity index (χ2n) is 5.24. The quantitative estimate of drug-likeness (QED) is 0.432. The predicted octanol–water partition coefficient (Wildman–Crippen LogP) is 1.42. The molecular weight excluding hydrogens is 350 g/mol. The summed E-state index contributed by atoms with van der Waals surface area (Å²) in [5.74, 6) is 6.52. The number of hydrazine groups is 1. The van der Waals surface area contributed by atoms with Crippen molar-refractivity contribution < 1.29 is 9.84 Å². The number of fused-ring (bicyclic) bond motifs is 1. The molecule has 8 heteroatoms. The largest absolute Gasteiger partial charge is 0.490 e. The fraction of sp³-hybridized carbons (Fsp3) is 0.429. The molecule has 2 rings (SSSR count). The monoisotopic (exact) mass is 369 g/mol. The lowest BCUT2D eigenvalue weighted by Crippen LogP contribution is -2.35. The summed E-state index contributed by atoms with van der Waals surface area (Å²) in [7, 11) is 0. The SMILES string of the molecule is CC(C)NCC(O)COc1cc2c(NN)nncc2cc1Br. The highest BCUT2D eigenvalue weighted by Gasteiger charge is 2.11. The summed E-state index contributed by atoms with van der Waals surface area (Å²) < 4.78 is 6.46. The number of aliphatic hydroxyl groups is 1. The van der Waals surface area contributed by atoms with Crippen LogP contribution in [-0.4, -0.2) is 40.6 Å². The van der Waals surface area contributed by atoms with Gasteiger partial charge >= 0.3 is 0 Å². The zero-order valence-corrected chi connectivity index (χ0v) is 14.1. The molecule has 0 fully saturated rings. The first-order chi connectivity index (χ1) is 10.5. The molecule has 0 aliphatic carbocycles. The number of halogens is 1. The van der Waals surface area contributed by atoms with Crippen LogP contribution in [0.25, 0.3) is 10.8 Å². The topological polar surface area (TPSA) is 105 Å². The van der Waals surface area contributed by atoms with Crippen molar-refractivity contribution in [2.45, 2.75) is 26.0 Å². The zero-order chi connectivity index (χ0) is 16.1. The van der Waals surface area contributed by atoms with Gasteiger partial charge in [0.05, 0.1) is 10.7 Å². The Hall–Kier alpha value is -1.48. The number of nitrogen functional groups attached to an aromatic ring is 1. The van der Waals surface area contributed by atoms with Crippen molar-refractivity contribution in [2.75, 3.05) is 18.6 Å². The zero-order valence-electron chi connectivity index (χ0n) is 12.5. The predicted molar refractivity (Wildman–Crippen MR) is 89.7 cm³/mol. The number of aliphatic hydroxyl groups excluding tert-OH is 1. The maximum atomic E-state index is 9.91. The van der Waals surface area contributed by atoms with Gasteiger partial charge in [0.2, 0.25) is 0 Å². The Morgan fingerprint density at radius 1 is 1.41 bits per heavy atom. The van der Waals surface area contributed by atoms with Crippen molar-refractivity contribution in [3.8, 4) is 5.75 Å². The minimum atomic E-state index is -0.590. The maximum Gasteiger partial charge on any atom is 0.170 e. The van der Waals surface area contributed by atoms with Gasteiger partial charge in [0.15, 0.2) is 5.82 Å². The third-order valence-corrected chi connectivity index (χ3v) is 3.66. The van der Waals surface area contributed by atoms with Crippen LogP contribution in [0, 0.1) is 0 Å². The average Bonchev–Trinajstić information content (AvgIpc) is 2.50. The molecule has 0 radical (unpaired) electrons. The van der Waals surface area contributed by atoms with Crippen LogP contribution >= 0.6 is 15.9 Å². The van der Waals surface area contributed by atoms with Crippen LogP contribution in [0.1, 0.15) is 13.8 Å². The summed E-state index contributed by atoms with van der Waals surface area (Å²) in [6.45, 7) is 4.71. The molecule has 2 aromatic rings. The number of nitrogens with two attached hydrogens (primary N) is 1. The summed E-state index contributed by atoms with van der Waals surface area (Å²) in [4.78, 5) is 0. The lowest BCUT2D eigenvalue weighted by atomic mass is 10.2. The fourth-order valence-corrected chi connectivity index (χ4v) is 2.39. The highest BCUT2D eigenvalue weighted by atomic mass is 79.9. The first kappa shape index (κ1) is 16.9. The van der Waals surface area contributed by atoms with Gasteiger partial charge in [0.25, 0.3) is 0 Å². The minimum absolute atomic E-state index is 0.188. The number of benzene rings is 1. The standard InChI is InChI=1S/C14H20BrN5O2/c1-8(2)17-6-10(21)7-22-13-4-11-9(3-12(13)15)5-18-20-14(11)19-16/h3-5,8,10,17,21H,6-7,16H2,1-2H3,(H,19,20). The molecule has 0 amide bonds. The van der Waals surface area contributed by atoms with Crippen LogP contribution in [0.4, 0.5) is 5.82 Å². The Labute approximate surface area is 137 Å². The van der Waals surface area contributed by atoms with Crippen LogP contribution in [0.3, 0.4) is 0 Å². The number of rotatable bonds is 7. The van der Waals surface area contributed by atoms with Gasteiger partial charge < -0.3 is 20.6 Å². The third kappa shape index (κ3) is 4.26. The molecule has 1 atom stereocenters. The van der Waals surface area contributed by atoms with Crippen LogP contribution < -0.4 is 21.3 Å². The Morgan fingerprint density at radius 2 is 2.18 bits per heavy atom. The van der Waals surface area contributed by atoms with E-state index in [1.54, 1.807) is 6.20 Å². The van der Waals surface area contributed by atoms with Gasteiger partial charge in [-0.1, -0.05) is 13.8 Å². The summed E-state index contributed by atoms with van der Waals surface area (Å²) >= 11 is 3.45. The smallest absolute Gasteiger partial charge is 0.170 e. The number of ether oxygens (including phenoxy) is 1. The number of hydrogen-bond acceptors (Lipinski definition) is 7. The van der Waals surface area contributed by atoms with Gasteiger partial charge in [-0.05, 0) is 28.1 Å². The van der Waals surface area contributed by atoms with Gasteiger partial charge in [-0.25, -0.2) is 5.84 Å². The molecule has 1 aromatic carbocycles. The first-order valence-corrected chi connectivity index (χ1v) is 7.76. The highest BCUT2D eigenvalue weighted by Crippen LogP contribution is 2.32. The van der Waals surface area contributed by atoms with E-state index in [-0.39, 0.29) is 6.61 Å². The van der Waals surface area contributed by atoms with E-state index in [4.69, 9.17) is 10.6 Å². The Kier molecular flexibility index (Phi) is 5.90. The molecule has 1 unspecified atom stereocenters. The Morgan fingerprint density at radius 3 is 2.86 bits per heavy atom. The molecule has 1 aromatic heterocycles. The van der Waals surface area contributed by atoms with Crippen LogP contribution in [0.5, 0.6) is 5.75 Å². The Balaban J connectivity index is 2.12. The van der Waals surface area contributed by atoms with E-state index < -0.39 is 6.10 Å². The molecule has 5 N–H and O–H groups in total. The molecule has 120 valence electrons.